The molecule has 0 bridgehead atoms. The fourth-order valence-corrected chi connectivity index (χ4v) is 2.07. The van der Waals surface area contributed by atoms with Crippen LogP contribution < -0.4 is 15.5 Å². The van der Waals surface area contributed by atoms with Crippen molar-refractivity contribution >= 4 is 39.5 Å². The molecule has 1 aromatic rings. The number of carbonyl (C=O) groups excluding carboxylic acids is 2. The number of carbonyl (C=O) groups is 2. The third-order valence-electron chi connectivity index (χ3n) is 2.64. The third-order valence-corrected chi connectivity index (χ3v) is 3.20. The zero-order chi connectivity index (χ0) is 13.3. The first kappa shape index (κ1) is 12.7. The lowest BCUT2D eigenvalue weighted by atomic mass is 10.2. The van der Waals surface area contributed by atoms with E-state index in [1.54, 1.807) is 25.1 Å². The molecule has 1 unspecified atom stereocenters. The van der Waals surface area contributed by atoms with Gasteiger partial charge in [-0.15, -0.1) is 0 Å². The second kappa shape index (κ2) is 4.89. The largest absolute Gasteiger partial charge is 0.357 e. The highest BCUT2D eigenvalue weighted by Gasteiger charge is 2.32. The predicted octanol–water partition coefficient (Wildman–Crippen LogP) is 0.132. The number of hydrogen-bond acceptors (Lipinski definition) is 6. The quantitative estimate of drug-likeness (QED) is 0.755. The average molecular weight is 314 g/mol. The summed E-state index contributed by atoms with van der Waals surface area (Å²) in [4.78, 5) is 33.0. The third kappa shape index (κ3) is 2.28. The highest BCUT2D eigenvalue weighted by Crippen LogP contribution is 2.26. The molecular weight excluding hydrogens is 302 g/mol. The Hall–Kier alpha value is -1.70. The summed E-state index contributed by atoms with van der Waals surface area (Å²) in [7, 11) is 1.70. The summed E-state index contributed by atoms with van der Waals surface area (Å²) in [6.45, 7) is 1.81. The number of anilines is 2. The van der Waals surface area contributed by atoms with E-state index in [1.165, 1.54) is 0 Å². The Labute approximate surface area is 112 Å². The molecule has 1 aliphatic heterocycles. The van der Waals surface area contributed by atoms with Crippen molar-refractivity contribution in [3.8, 4) is 0 Å². The molecule has 2 amide bonds. The Balaban J connectivity index is 2.40. The molecule has 96 valence electrons. The molecule has 0 radical (unpaired) electrons. The monoisotopic (exact) mass is 313 g/mol. The van der Waals surface area contributed by atoms with Crippen LogP contribution in [0.3, 0.4) is 0 Å². The second-order valence-corrected chi connectivity index (χ2v) is 4.69. The molecule has 0 saturated carbocycles. The molecule has 0 aromatic carbocycles. The number of halogens is 1. The van der Waals surface area contributed by atoms with E-state index in [1.807, 2.05) is 0 Å². The predicted molar refractivity (Wildman–Crippen MR) is 69.2 cm³/mol. The molecule has 0 spiro atoms. The molecule has 0 aliphatic carbocycles. The highest BCUT2D eigenvalue weighted by molar-refractivity contribution is 9.10. The van der Waals surface area contributed by atoms with Gasteiger partial charge in [0.15, 0.2) is 0 Å². The van der Waals surface area contributed by atoms with Crippen molar-refractivity contribution in [1.29, 1.82) is 0 Å². The van der Waals surface area contributed by atoms with Crippen molar-refractivity contribution in [2.24, 2.45) is 0 Å². The first-order valence-electron chi connectivity index (χ1n) is 5.33. The van der Waals surface area contributed by atoms with E-state index in [4.69, 9.17) is 0 Å². The van der Waals surface area contributed by atoms with Crippen molar-refractivity contribution in [3.05, 3.63) is 10.7 Å². The van der Waals surface area contributed by atoms with E-state index in [9.17, 15) is 9.59 Å². The van der Waals surface area contributed by atoms with Gasteiger partial charge in [-0.25, -0.2) is 4.98 Å². The minimum absolute atomic E-state index is 0.0890. The van der Waals surface area contributed by atoms with E-state index in [-0.39, 0.29) is 18.4 Å². The van der Waals surface area contributed by atoms with Gasteiger partial charge in [0.05, 0.1) is 11.0 Å². The molecule has 7 nitrogen and oxygen atoms in total. The van der Waals surface area contributed by atoms with Crippen LogP contribution in [0.2, 0.25) is 0 Å². The fourth-order valence-electron chi connectivity index (χ4n) is 1.65. The maximum atomic E-state index is 11.6. The smallest absolute Gasteiger partial charge is 0.249 e. The Morgan fingerprint density at radius 2 is 2.28 bits per heavy atom. The summed E-state index contributed by atoms with van der Waals surface area (Å²) in [5, 5.41) is 5.10. The van der Waals surface area contributed by atoms with Gasteiger partial charge in [0, 0.05) is 13.2 Å². The maximum Gasteiger partial charge on any atom is 0.249 e. The summed E-state index contributed by atoms with van der Waals surface area (Å²) in [5.74, 6) is 0.279. The molecule has 2 rings (SSSR count). The lowest BCUT2D eigenvalue weighted by Gasteiger charge is -2.33. The van der Waals surface area contributed by atoms with Crippen LogP contribution in [0.15, 0.2) is 10.7 Å². The van der Waals surface area contributed by atoms with Gasteiger partial charge in [-0.3, -0.25) is 14.9 Å². The van der Waals surface area contributed by atoms with Gasteiger partial charge in [-0.1, -0.05) is 0 Å². The van der Waals surface area contributed by atoms with E-state index >= 15 is 0 Å². The number of nitrogens with zero attached hydrogens (tertiary/aromatic N) is 3. The number of aromatic nitrogens is 2. The van der Waals surface area contributed by atoms with Crippen molar-refractivity contribution in [1.82, 2.24) is 15.3 Å². The molecule has 8 heteroatoms. The topological polar surface area (TPSA) is 87.2 Å². The molecule has 1 saturated heterocycles. The van der Waals surface area contributed by atoms with Crippen molar-refractivity contribution in [3.63, 3.8) is 0 Å². The Morgan fingerprint density at radius 1 is 1.56 bits per heavy atom. The fraction of sp³-hybridized carbons (Fsp3) is 0.400. The lowest BCUT2D eigenvalue weighted by molar-refractivity contribution is -0.132. The zero-order valence-electron chi connectivity index (χ0n) is 9.90. The first-order valence-corrected chi connectivity index (χ1v) is 6.13. The summed E-state index contributed by atoms with van der Waals surface area (Å²) >= 11 is 3.33. The van der Waals surface area contributed by atoms with Crippen molar-refractivity contribution in [2.45, 2.75) is 13.0 Å². The minimum Gasteiger partial charge on any atom is -0.357 e. The summed E-state index contributed by atoms with van der Waals surface area (Å²) in [6, 6.07) is -0.460. The minimum atomic E-state index is -0.460. The standard InChI is InChI=1S/C10H12BrN5O2/c1-5-9(18)14-7(17)4-16(5)8-6(11)3-13-10(12-2)15-8/h3,5H,4H2,1-2H3,(H,12,13,15)(H,14,17,18). The average Bonchev–Trinajstić information content (AvgIpc) is 2.34. The van der Waals surface area contributed by atoms with Gasteiger partial charge in [-0.2, -0.15) is 4.98 Å². The van der Waals surface area contributed by atoms with Crippen LogP contribution in [0.4, 0.5) is 11.8 Å². The molecular formula is C10H12BrN5O2. The van der Waals surface area contributed by atoms with Crippen molar-refractivity contribution in [2.75, 3.05) is 23.8 Å². The maximum absolute atomic E-state index is 11.6. The molecule has 1 aliphatic rings. The molecule has 1 fully saturated rings. The normalized spacial score (nSPS) is 19.7. The zero-order valence-corrected chi connectivity index (χ0v) is 11.5. The number of piperazine rings is 1. The molecule has 18 heavy (non-hydrogen) atoms. The van der Waals surface area contributed by atoms with Gasteiger partial charge >= 0.3 is 0 Å². The van der Waals surface area contributed by atoms with Gasteiger partial charge in [0.1, 0.15) is 11.9 Å². The van der Waals surface area contributed by atoms with Crippen LogP contribution in [0.5, 0.6) is 0 Å². The van der Waals surface area contributed by atoms with Crippen LogP contribution in [0.1, 0.15) is 6.92 Å². The Bertz CT molecular complexity index is 507. The van der Waals surface area contributed by atoms with Crippen LogP contribution in [-0.4, -0.2) is 41.4 Å². The molecule has 1 aromatic heterocycles. The van der Waals surface area contributed by atoms with Crippen LogP contribution in [-0.2, 0) is 9.59 Å². The summed E-state index contributed by atoms with van der Waals surface area (Å²) < 4.78 is 0.635. The number of rotatable bonds is 2. The van der Waals surface area contributed by atoms with Crippen molar-refractivity contribution < 1.29 is 9.59 Å². The van der Waals surface area contributed by atoms with E-state index in [0.29, 0.717) is 16.2 Å². The van der Waals surface area contributed by atoms with Crippen LogP contribution >= 0.6 is 15.9 Å². The molecule has 1 atom stereocenters. The van der Waals surface area contributed by atoms with E-state index < -0.39 is 6.04 Å². The number of imide groups is 1. The number of hydrogen-bond donors (Lipinski definition) is 2. The highest BCUT2D eigenvalue weighted by atomic mass is 79.9. The molecule has 2 N–H and O–H groups in total. The molecule has 2 heterocycles. The Morgan fingerprint density at radius 3 is 2.94 bits per heavy atom. The van der Waals surface area contributed by atoms with E-state index in [0.717, 1.165) is 0 Å². The van der Waals surface area contributed by atoms with Crippen LogP contribution in [0, 0.1) is 0 Å². The summed E-state index contributed by atoms with van der Waals surface area (Å²) in [5.41, 5.74) is 0. The van der Waals surface area contributed by atoms with Gasteiger partial charge in [0.2, 0.25) is 17.8 Å². The second-order valence-electron chi connectivity index (χ2n) is 3.83. The first-order chi connectivity index (χ1) is 8.52. The van der Waals surface area contributed by atoms with Gasteiger partial charge in [0.25, 0.3) is 0 Å². The van der Waals surface area contributed by atoms with E-state index in [2.05, 4.69) is 36.5 Å². The summed E-state index contributed by atoms with van der Waals surface area (Å²) in [6.07, 6.45) is 1.58. The van der Waals surface area contributed by atoms with Gasteiger partial charge < -0.3 is 10.2 Å². The van der Waals surface area contributed by atoms with Crippen LogP contribution in [0.25, 0.3) is 0 Å². The SMILES string of the molecule is CNc1ncc(Br)c(N2CC(=O)NC(=O)C2C)n1. The van der Waals surface area contributed by atoms with Gasteiger partial charge in [-0.05, 0) is 22.9 Å². The number of nitrogens with one attached hydrogen (secondary N) is 2. The lowest BCUT2D eigenvalue weighted by Crippen LogP contribution is -2.57. The number of amides is 2. The Kier molecular flexibility index (Phi) is 3.46.